The van der Waals surface area contributed by atoms with Gasteiger partial charge in [-0.15, -0.1) is 0 Å². The summed E-state index contributed by atoms with van der Waals surface area (Å²) in [6.07, 6.45) is 1.68. The topological polar surface area (TPSA) is 46.6 Å². The van der Waals surface area contributed by atoms with Crippen molar-refractivity contribution < 1.29 is 14.3 Å². The number of nitrogens with zero attached hydrogens (tertiary/aromatic N) is 1. The molecule has 3 aromatic carbocycles. The number of carbonyl (C=O) groups is 2. The highest BCUT2D eigenvalue weighted by molar-refractivity contribution is 6.37. The molecule has 1 heterocycles. The zero-order valence-electron chi connectivity index (χ0n) is 18.0. The lowest BCUT2D eigenvalue weighted by atomic mass is 9.97. The minimum atomic E-state index is -0.318. The van der Waals surface area contributed by atoms with Crippen LogP contribution in [0.3, 0.4) is 0 Å². The molecule has 3 aromatic rings. The lowest BCUT2D eigenvalue weighted by Gasteiger charge is -2.18. The predicted molar refractivity (Wildman–Crippen MR) is 133 cm³/mol. The second-order valence-corrected chi connectivity index (χ2v) is 9.10. The lowest BCUT2D eigenvalue weighted by Crippen LogP contribution is -2.23. The van der Waals surface area contributed by atoms with Crippen molar-refractivity contribution in [2.45, 2.75) is 32.7 Å². The van der Waals surface area contributed by atoms with Crippen LogP contribution in [-0.2, 0) is 35.3 Å². The number of amides is 1. The largest absolute Gasteiger partial charge is 0.466 e. The van der Waals surface area contributed by atoms with Crippen LogP contribution in [0.4, 0.5) is 5.69 Å². The van der Waals surface area contributed by atoms with Gasteiger partial charge < -0.3 is 9.64 Å². The summed E-state index contributed by atoms with van der Waals surface area (Å²) in [7, 11) is 0. The third-order valence-electron chi connectivity index (χ3n) is 5.66. The van der Waals surface area contributed by atoms with Gasteiger partial charge >= 0.3 is 5.97 Å². The summed E-state index contributed by atoms with van der Waals surface area (Å²) < 4.78 is 4.99. The molecule has 1 aliphatic rings. The molecule has 0 atom stereocenters. The van der Waals surface area contributed by atoms with Crippen molar-refractivity contribution in [3.05, 3.63) is 97.5 Å². The molecular weight excluding hydrogens is 481 g/mol. The van der Waals surface area contributed by atoms with Crippen molar-refractivity contribution in [2.75, 3.05) is 11.5 Å². The molecule has 0 saturated carbocycles. The molecule has 33 heavy (non-hydrogen) atoms. The van der Waals surface area contributed by atoms with Gasteiger partial charge in [-0.1, -0.05) is 59.1 Å². The van der Waals surface area contributed by atoms with Gasteiger partial charge in [0.2, 0.25) is 0 Å². The summed E-state index contributed by atoms with van der Waals surface area (Å²) in [4.78, 5) is 26.7. The van der Waals surface area contributed by atoms with Crippen LogP contribution >= 0.6 is 34.8 Å². The molecule has 0 aliphatic carbocycles. The van der Waals surface area contributed by atoms with Gasteiger partial charge in [-0.05, 0) is 72.4 Å². The second-order valence-electron chi connectivity index (χ2n) is 7.85. The molecule has 170 valence electrons. The number of ether oxygens (including phenoxy) is 1. The first-order valence-electron chi connectivity index (χ1n) is 10.7. The van der Waals surface area contributed by atoms with Crippen LogP contribution in [0.1, 0.15) is 39.5 Å². The highest BCUT2D eigenvalue weighted by Crippen LogP contribution is 2.38. The zero-order valence-corrected chi connectivity index (χ0v) is 20.3. The van der Waals surface area contributed by atoms with Crippen molar-refractivity contribution in [1.29, 1.82) is 0 Å². The molecule has 0 unspecified atom stereocenters. The quantitative estimate of drug-likeness (QED) is 0.338. The van der Waals surface area contributed by atoms with Crippen molar-refractivity contribution >= 4 is 52.4 Å². The predicted octanol–water partition coefficient (Wildman–Crippen LogP) is 6.70. The molecule has 0 bridgehead atoms. The maximum atomic E-state index is 13.3. The van der Waals surface area contributed by atoms with Crippen molar-refractivity contribution in [3.8, 4) is 0 Å². The van der Waals surface area contributed by atoms with Crippen LogP contribution in [0.15, 0.2) is 54.6 Å². The summed E-state index contributed by atoms with van der Waals surface area (Å²) in [5.74, 6) is -0.498. The Morgan fingerprint density at radius 3 is 2.52 bits per heavy atom. The van der Waals surface area contributed by atoms with E-state index in [1.807, 2.05) is 30.3 Å². The van der Waals surface area contributed by atoms with Gasteiger partial charge in [-0.3, -0.25) is 9.59 Å². The standard InChI is InChI=1S/C26H22Cl3NO3/c1-2-33-24(31)14-17-7-11-23(22(29)13-17)30-15-20-18(9-10-21(28)25(20)26(30)32)8-6-16-4-3-5-19(27)12-16/h3-5,7,9-13H,2,6,8,14-15H2,1H3. The highest BCUT2D eigenvalue weighted by Gasteiger charge is 2.33. The lowest BCUT2D eigenvalue weighted by molar-refractivity contribution is -0.142. The van der Waals surface area contributed by atoms with E-state index >= 15 is 0 Å². The van der Waals surface area contributed by atoms with Crippen molar-refractivity contribution in [2.24, 2.45) is 0 Å². The number of aryl methyl sites for hydroxylation is 2. The molecule has 7 heteroatoms. The van der Waals surface area contributed by atoms with Crippen molar-refractivity contribution in [3.63, 3.8) is 0 Å². The molecular formula is C26H22Cl3NO3. The molecule has 0 N–H and O–H groups in total. The van der Waals surface area contributed by atoms with Gasteiger partial charge in [0.15, 0.2) is 0 Å². The average Bonchev–Trinajstić information content (AvgIpc) is 3.11. The zero-order chi connectivity index (χ0) is 23.5. The molecule has 0 fully saturated rings. The van der Waals surface area contributed by atoms with E-state index in [1.165, 1.54) is 0 Å². The number of halogens is 3. The Balaban J connectivity index is 1.57. The second kappa shape index (κ2) is 10.2. The molecule has 4 rings (SSSR count). The smallest absolute Gasteiger partial charge is 0.310 e. The minimum Gasteiger partial charge on any atom is -0.466 e. The number of anilines is 1. The van der Waals surface area contributed by atoms with E-state index in [0.29, 0.717) is 39.5 Å². The molecule has 1 aliphatic heterocycles. The van der Waals surface area contributed by atoms with Crippen LogP contribution in [0, 0.1) is 0 Å². The SMILES string of the molecule is CCOC(=O)Cc1ccc(N2Cc3c(CCc4cccc(Cl)c4)ccc(Cl)c3C2=O)c(Cl)c1. The first-order valence-corrected chi connectivity index (χ1v) is 11.8. The number of rotatable bonds is 7. The van der Waals surface area contributed by atoms with Crippen LogP contribution in [0.2, 0.25) is 15.1 Å². The summed E-state index contributed by atoms with van der Waals surface area (Å²) in [6, 6.07) is 16.8. The normalized spacial score (nSPS) is 12.7. The maximum absolute atomic E-state index is 13.3. The molecule has 0 radical (unpaired) electrons. The summed E-state index contributed by atoms with van der Waals surface area (Å²) >= 11 is 19.1. The van der Waals surface area contributed by atoms with Crippen LogP contribution in [-0.4, -0.2) is 18.5 Å². The number of hydrogen-bond acceptors (Lipinski definition) is 3. The first-order chi connectivity index (χ1) is 15.9. The number of hydrogen-bond donors (Lipinski definition) is 0. The maximum Gasteiger partial charge on any atom is 0.310 e. The minimum absolute atomic E-state index is 0.126. The fraction of sp³-hybridized carbons (Fsp3) is 0.231. The molecule has 0 spiro atoms. The third-order valence-corrected chi connectivity index (χ3v) is 6.52. The van der Waals surface area contributed by atoms with Gasteiger partial charge in [0.05, 0.1) is 40.9 Å². The molecule has 0 aromatic heterocycles. The Kier molecular flexibility index (Phi) is 7.28. The number of fused-ring (bicyclic) bond motifs is 1. The van der Waals surface area contributed by atoms with E-state index in [4.69, 9.17) is 39.5 Å². The van der Waals surface area contributed by atoms with Gasteiger partial charge in [-0.2, -0.15) is 0 Å². The Morgan fingerprint density at radius 2 is 1.79 bits per heavy atom. The molecule has 4 nitrogen and oxygen atoms in total. The van der Waals surface area contributed by atoms with Crippen LogP contribution in [0.25, 0.3) is 0 Å². The van der Waals surface area contributed by atoms with E-state index in [9.17, 15) is 9.59 Å². The van der Waals surface area contributed by atoms with Crippen LogP contribution in [0.5, 0.6) is 0 Å². The molecule has 0 saturated heterocycles. The number of carbonyl (C=O) groups excluding carboxylic acids is 2. The summed E-state index contributed by atoms with van der Waals surface area (Å²) in [5, 5.41) is 1.53. The van der Waals surface area contributed by atoms with Crippen molar-refractivity contribution in [1.82, 2.24) is 0 Å². The summed E-state index contributed by atoms with van der Waals surface area (Å²) in [6.45, 7) is 2.47. The van der Waals surface area contributed by atoms with Crippen LogP contribution < -0.4 is 4.90 Å². The van der Waals surface area contributed by atoms with Gasteiger partial charge in [-0.25, -0.2) is 0 Å². The Labute approximate surface area is 208 Å². The Morgan fingerprint density at radius 1 is 0.970 bits per heavy atom. The number of benzene rings is 3. The number of esters is 1. The van der Waals surface area contributed by atoms with E-state index in [2.05, 4.69) is 0 Å². The first kappa shape index (κ1) is 23.6. The average molecular weight is 503 g/mol. The monoisotopic (exact) mass is 501 g/mol. The van der Waals surface area contributed by atoms with E-state index < -0.39 is 0 Å². The van der Waals surface area contributed by atoms with Gasteiger partial charge in [0, 0.05) is 5.02 Å². The molecule has 1 amide bonds. The third kappa shape index (κ3) is 5.19. The Bertz CT molecular complexity index is 1230. The van der Waals surface area contributed by atoms with Gasteiger partial charge in [0.25, 0.3) is 5.91 Å². The van der Waals surface area contributed by atoms with E-state index in [-0.39, 0.29) is 18.3 Å². The van der Waals surface area contributed by atoms with E-state index in [0.717, 1.165) is 35.1 Å². The van der Waals surface area contributed by atoms with Gasteiger partial charge in [0.1, 0.15) is 0 Å². The fourth-order valence-corrected chi connectivity index (χ4v) is 4.87. The van der Waals surface area contributed by atoms with E-state index in [1.54, 1.807) is 36.1 Å². The summed E-state index contributed by atoms with van der Waals surface area (Å²) in [5.41, 5.74) is 4.95. The Hall–Kier alpha value is -2.53. The fourth-order valence-electron chi connectivity index (χ4n) is 4.10. The highest BCUT2D eigenvalue weighted by atomic mass is 35.5.